The lowest BCUT2D eigenvalue weighted by molar-refractivity contribution is 0.0956. The van der Waals surface area contributed by atoms with Crippen LogP contribution in [0.25, 0.3) is 0 Å². The van der Waals surface area contributed by atoms with Crippen molar-refractivity contribution < 1.29 is 17.9 Å². The Labute approximate surface area is 161 Å². The Hall–Kier alpha value is -1.90. The number of rotatable bonds is 6. The van der Waals surface area contributed by atoms with Crippen LogP contribution in [-0.4, -0.2) is 64.6 Å². The summed E-state index contributed by atoms with van der Waals surface area (Å²) in [6, 6.07) is 4.86. The number of ether oxygens (including phenoxy) is 1. The molecule has 27 heavy (non-hydrogen) atoms. The van der Waals surface area contributed by atoms with E-state index < -0.39 is 10.0 Å². The minimum Gasteiger partial charge on any atom is -0.378 e. The first kappa shape index (κ1) is 19.9. The van der Waals surface area contributed by atoms with Gasteiger partial charge < -0.3 is 15.0 Å². The fraction of sp³-hybridized carbons (Fsp3) is 0.526. The molecule has 0 spiro atoms. The molecule has 148 valence electrons. The van der Waals surface area contributed by atoms with Crippen molar-refractivity contribution in [2.75, 3.05) is 50.8 Å². The van der Waals surface area contributed by atoms with Gasteiger partial charge in [-0.15, -0.1) is 6.58 Å². The van der Waals surface area contributed by atoms with Gasteiger partial charge in [-0.1, -0.05) is 12.5 Å². The van der Waals surface area contributed by atoms with E-state index in [1.54, 1.807) is 18.2 Å². The number of anilines is 1. The SMILES string of the molecule is C=CCNC(=O)c1cc(S(=O)(=O)N2CCCCC2)ccc1N1CCOCC1. The number of piperidine rings is 1. The summed E-state index contributed by atoms with van der Waals surface area (Å²) >= 11 is 0. The highest BCUT2D eigenvalue weighted by Crippen LogP contribution is 2.28. The van der Waals surface area contributed by atoms with Gasteiger partial charge in [-0.3, -0.25) is 4.79 Å². The van der Waals surface area contributed by atoms with Gasteiger partial charge in [0.15, 0.2) is 0 Å². The molecule has 1 aromatic carbocycles. The smallest absolute Gasteiger partial charge is 0.253 e. The third kappa shape index (κ3) is 4.51. The molecule has 8 heteroatoms. The molecule has 2 aliphatic rings. The average molecular weight is 394 g/mol. The number of amides is 1. The molecular formula is C19H27N3O4S. The maximum Gasteiger partial charge on any atom is 0.253 e. The van der Waals surface area contributed by atoms with E-state index in [1.807, 2.05) is 0 Å². The number of benzene rings is 1. The molecule has 0 radical (unpaired) electrons. The van der Waals surface area contributed by atoms with Crippen LogP contribution in [0.5, 0.6) is 0 Å². The molecule has 1 amide bonds. The van der Waals surface area contributed by atoms with Crippen LogP contribution in [0.2, 0.25) is 0 Å². The fourth-order valence-corrected chi connectivity index (χ4v) is 5.00. The molecule has 2 saturated heterocycles. The third-order valence-electron chi connectivity index (χ3n) is 4.92. The van der Waals surface area contributed by atoms with Gasteiger partial charge in [0, 0.05) is 38.4 Å². The summed E-state index contributed by atoms with van der Waals surface area (Å²) in [5.41, 5.74) is 1.11. The van der Waals surface area contributed by atoms with Crippen molar-refractivity contribution in [1.82, 2.24) is 9.62 Å². The van der Waals surface area contributed by atoms with Gasteiger partial charge in [0.1, 0.15) is 0 Å². The first-order valence-corrected chi connectivity index (χ1v) is 10.8. The monoisotopic (exact) mass is 393 g/mol. The van der Waals surface area contributed by atoms with Gasteiger partial charge in [-0.25, -0.2) is 8.42 Å². The molecule has 3 rings (SSSR count). The zero-order chi connectivity index (χ0) is 19.3. The zero-order valence-electron chi connectivity index (χ0n) is 15.5. The van der Waals surface area contributed by atoms with Crippen molar-refractivity contribution in [2.45, 2.75) is 24.2 Å². The summed E-state index contributed by atoms with van der Waals surface area (Å²) in [5.74, 6) is -0.299. The Morgan fingerprint density at radius 1 is 1.15 bits per heavy atom. The molecule has 0 aliphatic carbocycles. The van der Waals surface area contributed by atoms with Gasteiger partial charge in [0.05, 0.1) is 23.7 Å². The lowest BCUT2D eigenvalue weighted by Gasteiger charge is -2.31. The standard InChI is InChI=1S/C19H27N3O4S/c1-2-8-20-19(23)17-15-16(27(24,25)22-9-4-3-5-10-22)6-7-18(17)21-11-13-26-14-12-21/h2,6-7,15H,1,3-5,8-14H2,(H,20,23). The second kappa shape index (κ2) is 8.86. The van der Waals surface area contributed by atoms with E-state index >= 15 is 0 Å². The lowest BCUT2D eigenvalue weighted by atomic mass is 10.1. The number of hydrogen-bond donors (Lipinski definition) is 1. The van der Waals surface area contributed by atoms with Crippen LogP contribution in [0.3, 0.4) is 0 Å². The Kier molecular flexibility index (Phi) is 6.51. The highest BCUT2D eigenvalue weighted by molar-refractivity contribution is 7.89. The van der Waals surface area contributed by atoms with E-state index in [0.717, 1.165) is 24.9 Å². The molecule has 2 aliphatic heterocycles. The highest BCUT2D eigenvalue weighted by atomic mass is 32.2. The third-order valence-corrected chi connectivity index (χ3v) is 6.82. The van der Waals surface area contributed by atoms with Gasteiger partial charge >= 0.3 is 0 Å². The number of nitrogens with zero attached hydrogens (tertiary/aromatic N) is 2. The number of carbonyl (C=O) groups excluding carboxylic acids is 1. The summed E-state index contributed by atoms with van der Waals surface area (Å²) in [7, 11) is -3.60. The van der Waals surface area contributed by atoms with E-state index in [-0.39, 0.29) is 10.8 Å². The molecule has 2 heterocycles. The number of sulfonamides is 1. The van der Waals surface area contributed by atoms with E-state index in [0.29, 0.717) is 51.5 Å². The fourth-order valence-electron chi connectivity index (χ4n) is 3.45. The average Bonchev–Trinajstić information content (AvgIpc) is 2.72. The van der Waals surface area contributed by atoms with Crippen molar-refractivity contribution in [3.8, 4) is 0 Å². The summed E-state index contributed by atoms with van der Waals surface area (Å²) in [6.07, 6.45) is 4.40. The Balaban J connectivity index is 1.96. The van der Waals surface area contributed by atoms with Gasteiger partial charge in [-0.05, 0) is 31.0 Å². The minimum atomic E-state index is -3.60. The maximum absolute atomic E-state index is 13.0. The van der Waals surface area contributed by atoms with E-state index in [2.05, 4.69) is 16.8 Å². The Morgan fingerprint density at radius 3 is 2.52 bits per heavy atom. The molecule has 0 atom stereocenters. The second-order valence-electron chi connectivity index (χ2n) is 6.74. The molecule has 1 N–H and O–H groups in total. The van der Waals surface area contributed by atoms with Crippen LogP contribution in [-0.2, 0) is 14.8 Å². The van der Waals surface area contributed by atoms with Gasteiger partial charge in [-0.2, -0.15) is 4.31 Å². The normalized spacial score (nSPS) is 18.9. The second-order valence-corrected chi connectivity index (χ2v) is 8.68. The van der Waals surface area contributed by atoms with Gasteiger partial charge in [0.2, 0.25) is 10.0 Å². The Bertz CT molecular complexity index is 782. The summed E-state index contributed by atoms with van der Waals surface area (Å²) in [6.45, 7) is 7.51. The minimum absolute atomic E-state index is 0.171. The van der Waals surface area contributed by atoms with E-state index in [9.17, 15) is 13.2 Å². The van der Waals surface area contributed by atoms with Crippen LogP contribution in [0.1, 0.15) is 29.6 Å². The number of carbonyl (C=O) groups is 1. The van der Waals surface area contributed by atoms with E-state index in [1.165, 1.54) is 10.4 Å². The number of morpholine rings is 1. The van der Waals surface area contributed by atoms with Crippen LogP contribution in [0, 0.1) is 0 Å². The molecule has 1 aromatic rings. The van der Waals surface area contributed by atoms with Crippen LogP contribution < -0.4 is 10.2 Å². The van der Waals surface area contributed by atoms with Crippen molar-refractivity contribution >= 4 is 21.6 Å². The molecule has 0 unspecified atom stereocenters. The molecule has 0 saturated carbocycles. The predicted octanol–water partition coefficient (Wildman–Crippen LogP) is 1.61. The first-order valence-electron chi connectivity index (χ1n) is 9.40. The molecule has 0 aromatic heterocycles. The quantitative estimate of drug-likeness (QED) is 0.743. The van der Waals surface area contributed by atoms with E-state index in [4.69, 9.17) is 4.74 Å². The summed E-state index contributed by atoms with van der Waals surface area (Å²) < 4.78 is 32.9. The molecule has 0 bridgehead atoms. The van der Waals surface area contributed by atoms with Crippen molar-refractivity contribution in [1.29, 1.82) is 0 Å². The van der Waals surface area contributed by atoms with Crippen molar-refractivity contribution in [3.05, 3.63) is 36.4 Å². The van der Waals surface area contributed by atoms with Crippen molar-refractivity contribution in [3.63, 3.8) is 0 Å². The van der Waals surface area contributed by atoms with Crippen LogP contribution >= 0.6 is 0 Å². The zero-order valence-corrected chi connectivity index (χ0v) is 16.3. The molecule has 7 nitrogen and oxygen atoms in total. The van der Waals surface area contributed by atoms with Crippen LogP contribution in [0.4, 0.5) is 5.69 Å². The summed E-state index contributed by atoms with van der Waals surface area (Å²) in [5, 5.41) is 2.76. The largest absolute Gasteiger partial charge is 0.378 e. The summed E-state index contributed by atoms with van der Waals surface area (Å²) in [4.78, 5) is 14.9. The Morgan fingerprint density at radius 2 is 1.85 bits per heavy atom. The maximum atomic E-state index is 13.0. The topological polar surface area (TPSA) is 79.0 Å². The number of hydrogen-bond acceptors (Lipinski definition) is 5. The number of nitrogens with one attached hydrogen (secondary N) is 1. The van der Waals surface area contributed by atoms with Crippen LogP contribution in [0.15, 0.2) is 35.7 Å². The molecular weight excluding hydrogens is 366 g/mol. The van der Waals surface area contributed by atoms with Crippen molar-refractivity contribution in [2.24, 2.45) is 0 Å². The first-order chi connectivity index (χ1) is 13.0. The highest BCUT2D eigenvalue weighted by Gasteiger charge is 2.28. The lowest BCUT2D eigenvalue weighted by Crippen LogP contribution is -2.38. The molecule has 2 fully saturated rings. The predicted molar refractivity (Wildman–Crippen MR) is 105 cm³/mol. The van der Waals surface area contributed by atoms with Gasteiger partial charge in [0.25, 0.3) is 5.91 Å².